The van der Waals surface area contributed by atoms with Crippen molar-refractivity contribution in [2.45, 2.75) is 66.0 Å². The molecule has 0 fully saturated rings. The number of rotatable bonds is 9. The van der Waals surface area contributed by atoms with Crippen molar-refractivity contribution in [3.63, 3.8) is 0 Å². The molecule has 0 aromatic heterocycles. The third kappa shape index (κ3) is 5.80. The molecule has 0 spiro atoms. The predicted molar refractivity (Wildman–Crippen MR) is 91.5 cm³/mol. The molecule has 0 saturated carbocycles. The fourth-order valence-electron chi connectivity index (χ4n) is 3.10. The van der Waals surface area contributed by atoms with Crippen molar-refractivity contribution in [3.8, 4) is 0 Å². The first-order chi connectivity index (χ1) is 9.99. The number of benzene rings is 1. The van der Waals surface area contributed by atoms with Crippen molar-refractivity contribution in [1.82, 2.24) is 4.90 Å². The van der Waals surface area contributed by atoms with Gasteiger partial charge in [0.05, 0.1) is 6.10 Å². The van der Waals surface area contributed by atoms with Crippen LogP contribution in [0.25, 0.3) is 0 Å². The summed E-state index contributed by atoms with van der Waals surface area (Å²) < 4.78 is 0. The molecule has 2 nitrogen and oxygen atoms in total. The molecule has 1 aromatic carbocycles. The number of hydrogen-bond acceptors (Lipinski definition) is 2. The van der Waals surface area contributed by atoms with E-state index in [-0.39, 0.29) is 6.10 Å². The number of aryl methyl sites for hydroxylation is 1. The van der Waals surface area contributed by atoms with Gasteiger partial charge in [-0.3, -0.25) is 0 Å². The minimum absolute atomic E-state index is 0.352. The lowest BCUT2D eigenvalue weighted by molar-refractivity contribution is 0.111. The number of nitrogens with zero attached hydrogens (tertiary/aromatic N) is 1. The quantitative estimate of drug-likeness (QED) is 0.720. The summed E-state index contributed by atoms with van der Waals surface area (Å²) in [4.78, 5) is 2.56. The molecule has 0 aliphatic heterocycles. The highest BCUT2D eigenvalue weighted by molar-refractivity contribution is 5.27. The van der Waals surface area contributed by atoms with Crippen molar-refractivity contribution in [2.75, 3.05) is 13.1 Å². The van der Waals surface area contributed by atoms with Gasteiger partial charge < -0.3 is 10.0 Å². The zero-order valence-electron chi connectivity index (χ0n) is 14.5. The van der Waals surface area contributed by atoms with Crippen molar-refractivity contribution >= 4 is 0 Å². The standard InChI is InChI=1S/C19H33NO/c1-6-17(7-2)20(14-15(3)4)13-12-19(21)18-11-9-8-10-16(18)5/h8-11,15,17,19,21H,6-7,12-14H2,1-5H3. The van der Waals surface area contributed by atoms with Gasteiger partial charge in [-0.2, -0.15) is 0 Å². The third-order valence-electron chi connectivity index (χ3n) is 4.30. The van der Waals surface area contributed by atoms with E-state index in [9.17, 15) is 5.11 Å². The number of aliphatic hydroxyl groups excluding tert-OH is 1. The van der Waals surface area contributed by atoms with Gasteiger partial charge in [0.2, 0.25) is 0 Å². The predicted octanol–water partition coefficient (Wildman–Crippen LogP) is 4.57. The second-order valence-corrected chi connectivity index (χ2v) is 6.52. The van der Waals surface area contributed by atoms with Gasteiger partial charge in [-0.15, -0.1) is 0 Å². The molecule has 0 heterocycles. The summed E-state index contributed by atoms with van der Waals surface area (Å²) in [5, 5.41) is 10.5. The molecule has 120 valence electrons. The molecule has 1 N–H and O–H groups in total. The zero-order chi connectivity index (χ0) is 15.8. The van der Waals surface area contributed by atoms with Crippen molar-refractivity contribution in [3.05, 3.63) is 35.4 Å². The van der Waals surface area contributed by atoms with E-state index < -0.39 is 0 Å². The van der Waals surface area contributed by atoms with E-state index in [1.165, 1.54) is 18.4 Å². The Balaban J connectivity index is 2.65. The summed E-state index contributed by atoms with van der Waals surface area (Å²) in [6, 6.07) is 8.80. The van der Waals surface area contributed by atoms with Crippen LogP contribution < -0.4 is 0 Å². The lowest BCUT2D eigenvalue weighted by Gasteiger charge is -2.32. The highest BCUT2D eigenvalue weighted by Gasteiger charge is 2.18. The monoisotopic (exact) mass is 291 g/mol. The minimum atomic E-state index is -0.352. The van der Waals surface area contributed by atoms with Crippen LogP contribution >= 0.6 is 0 Å². The molecule has 0 aliphatic rings. The molecule has 1 aromatic rings. The highest BCUT2D eigenvalue weighted by Crippen LogP contribution is 2.22. The lowest BCUT2D eigenvalue weighted by atomic mass is 10.00. The van der Waals surface area contributed by atoms with Gasteiger partial charge in [0.25, 0.3) is 0 Å². The molecule has 0 bridgehead atoms. The van der Waals surface area contributed by atoms with Crippen molar-refractivity contribution < 1.29 is 5.11 Å². The molecule has 2 heteroatoms. The summed E-state index contributed by atoms with van der Waals surface area (Å²) in [5.74, 6) is 0.668. The second kappa shape index (κ2) is 9.22. The molecule has 1 rings (SSSR count). The Morgan fingerprint density at radius 3 is 2.24 bits per heavy atom. The van der Waals surface area contributed by atoms with Crippen LogP contribution in [-0.2, 0) is 0 Å². The van der Waals surface area contributed by atoms with Gasteiger partial charge in [-0.1, -0.05) is 52.0 Å². The summed E-state index contributed by atoms with van der Waals surface area (Å²) in [7, 11) is 0. The third-order valence-corrected chi connectivity index (χ3v) is 4.30. The van der Waals surface area contributed by atoms with E-state index in [1.807, 2.05) is 18.2 Å². The minimum Gasteiger partial charge on any atom is -0.388 e. The lowest BCUT2D eigenvalue weighted by Crippen LogP contribution is -2.38. The molecule has 1 atom stereocenters. The molecule has 21 heavy (non-hydrogen) atoms. The molecular weight excluding hydrogens is 258 g/mol. The van der Waals surface area contributed by atoms with Crippen LogP contribution in [0.1, 0.15) is 64.2 Å². The van der Waals surface area contributed by atoms with Gasteiger partial charge in [-0.25, -0.2) is 0 Å². The Morgan fingerprint density at radius 1 is 1.10 bits per heavy atom. The van der Waals surface area contributed by atoms with Crippen LogP contribution in [0, 0.1) is 12.8 Å². The maximum atomic E-state index is 10.5. The summed E-state index contributed by atoms with van der Waals surface area (Å²) in [5.41, 5.74) is 2.26. The Labute approximate surface area is 131 Å². The Hall–Kier alpha value is -0.860. The smallest absolute Gasteiger partial charge is 0.0804 e. The largest absolute Gasteiger partial charge is 0.388 e. The first-order valence-electron chi connectivity index (χ1n) is 8.47. The summed E-state index contributed by atoms with van der Waals surface area (Å²) >= 11 is 0. The zero-order valence-corrected chi connectivity index (χ0v) is 14.5. The van der Waals surface area contributed by atoms with Crippen LogP contribution in [-0.4, -0.2) is 29.1 Å². The van der Waals surface area contributed by atoms with E-state index in [0.29, 0.717) is 12.0 Å². The molecule has 0 radical (unpaired) electrons. The molecule has 1 unspecified atom stereocenters. The van der Waals surface area contributed by atoms with Crippen LogP contribution in [0.2, 0.25) is 0 Å². The van der Waals surface area contributed by atoms with Gasteiger partial charge >= 0.3 is 0 Å². The number of aliphatic hydroxyl groups is 1. The van der Waals surface area contributed by atoms with E-state index in [2.05, 4.69) is 45.6 Å². The summed E-state index contributed by atoms with van der Waals surface area (Å²) in [6.07, 6.45) is 2.83. The first kappa shape index (κ1) is 18.2. The maximum absolute atomic E-state index is 10.5. The van der Waals surface area contributed by atoms with Gasteiger partial charge in [-0.05, 0) is 43.2 Å². The van der Waals surface area contributed by atoms with E-state index >= 15 is 0 Å². The summed E-state index contributed by atoms with van der Waals surface area (Å²) in [6.45, 7) is 13.2. The second-order valence-electron chi connectivity index (χ2n) is 6.52. The van der Waals surface area contributed by atoms with Crippen LogP contribution in [0.5, 0.6) is 0 Å². The van der Waals surface area contributed by atoms with Crippen LogP contribution in [0.3, 0.4) is 0 Å². The normalized spacial score (nSPS) is 13.4. The number of hydrogen-bond donors (Lipinski definition) is 1. The maximum Gasteiger partial charge on any atom is 0.0804 e. The SMILES string of the molecule is CCC(CC)N(CCC(O)c1ccccc1C)CC(C)C. The van der Waals surface area contributed by atoms with Crippen LogP contribution in [0.4, 0.5) is 0 Å². The topological polar surface area (TPSA) is 23.5 Å². The first-order valence-corrected chi connectivity index (χ1v) is 8.47. The van der Waals surface area contributed by atoms with Gasteiger partial charge in [0.15, 0.2) is 0 Å². The Bertz CT molecular complexity index is 398. The molecular formula is C19H33NO. The van der Waals surface area contributed by atoms with E-state index in [4.69, 9.17) is 0 Å². The molecule has 0 amide bonds. The Kier molecular flexibility index (Phi) is 7.98. The van der Waals surface area contributed by atoms with Crippen molar-refractivity contribution in [2.24, 2.45) is 5.92 Å². The molecule has 0 saturated heterocycles. The fourth-order valence-corrected chi connectivity index (χ4v) is 3.10. The average molecular weight is 291 g/mol. The van der Waals surface area contributed by atoms with Crippen LogP contribution in [0.15, 0.2) is 24.3 Å². The Morgan fingerprint density at radius 2 is 1.71 bits per heavy atom. The van der Waals surface area contributed by atoms with E-state index in [0.717, 1.165) is 25.1 Å². The molecule has 0 aliphatic carbocycles. The van der Waals surface area contributed by atoms with Gasteiger partial charge in [0, 0.05) is 19.1 Å². The highest BCUT2D eigenvalue weighted by atomic mass is 16.3. The average Bonchev–Trinajstić information content (AvgIpc) is 2.45. The van der Waals surface area contributed by atoms with Crippen molar-refractivity contribution in [1.29, 1.82) is 0 Å². The van der Waals surface area contributed by atoms with E-state index in [1.54, 1.807) is 0 Å². The van der Waals surface area contributed by atoms with Gasteiger partial charge in [0.1, 0.15) is 0 Å². The fraction of sp³-hybridized carbons (Fsp3) is 0.684.